The number of nitrogens with zero attached hydrogens (tertiary/aromatic N) is 2. The summed E-state index contributed by atoms with van der Waals surface area (Å²) in [6.45, 7) is 12.6. The first kappa shape index (κ1) is 20.5. The second-order valence-electron chi connectivity index (χ2n) is 7.26. The third-order valence-electron chi connectivity index (χ3n) is 4.22. The Morgan fingerprint density at radius 2 is 1.70 bits per heavy atom. The van der Waals surface area contributed by atoms with Crippen LogP contribution in [-0.2, 0) is 0 Å². The number of benzene rings is 1. The number of phenols is 2. The van der Waals surface area contributed by atoms with Gasteiger partial charge in [0.05, 0.1) is 5.52 Å². The molecule has 0 spiro atoms. The van der Waals surface area contributed by atoms with E-state index < -0.39 is 0 Å². The van der Waals surface area contributed by atoms with Gasteiger partial charge in [0.2, 0.25) is 0 Å². The Bertz CT molecular complexity index is 909. The van der Waals surface area contributed by atoms with Crippen molar-refractivity contribution in [2.45, 2.75) is 41.5 Å². The number of phenolic OH excluding ortho intramolecular Hbond substituents is 2. The maximum Gasteiger partial charge on any atom is 0.159 e. The smallest absolute Gasteiger partial charge is 0.159 e. The van der Waals surface area contributed by atoms with Crippen molar-refractivity contribution in [3.8, 4) is 11.5 Å². The van der Waals surface area contributed by atoms with E-state index in [1.54, 1.807) is 0 Å². The molecule has 1 aromatic carbocycles. The van der Waals surface area contributed by atoms with E-state index in [4.69, 9.17) is 0 Å². The Morgan fingerprint density at radius 3 is 2.37 bits per heavy atom. The largest absolute Gasteiger partial charge is 0.504 e. The van der Waals surface area contributed by atoms with Crippen LogP contribution >= 0.6 is 0 Å². The molecule has 3 N–H and O–H groups in total. The van der Waals surface area contributed by atoms with Gasteiger partial charge in [-0.25, -0.2) is 9.97 Å². The molecular weight excluding hydrogens is 338 g/mol. The average molecular weight is 367 g/mol. The Balaban J connectivity index is 0.00000126. The van der Waals surface area contributed by atoms with Gasteiger partial charge in [-0.15, -0.1) is 0 Å². The summed E-state index contributed by atoms with van der Waals surface area (Å²) in [5.41, 5.74) is 2.63. The molecule has 0 fully saturated rings. The number of aromatic hydroxyl groups is 2. The number of aromatic nitrogens is 2. The van der Waals surface area contributed by atoms with Crippen molar-refractivity contribution in [1.82, 2.24) is 9.97 Å². The molecule has 27 heavy (non-hydrogen) atoms. The fourth-order valence-electron chi connectivity index (χ4n) is 2.78. The van der Waals surface area contributed by atoms with Gasteiger partial charge in [-0.2, -0.15) is 0 Å². The number of nitrogens with one attached hydrogen (secondary N) is 1. The minimum absolute atomic E-state index is 0.0985. The molecule has 3 rings (SSSR count). The Labute approximate surface area is 161 Å². The number of hydrogen-bond acceptors (Lipinski definition) is 5. The van der Waals surface area contributed by atoms with Crippen LogP contribution in [0.4, 0.5) is 5.82 Å². The lowest BCUT2D eigenvalue weighted by Crippen LogP contribution is -2.07. The van der Waals surface area contributed by atoms with Crippen LogP contribution in [0.25, 0.3) is 10.9 Å². The molecule has 1 aliphatic rings. The Kier molecular flexibility index (Phi) is 6.26. The monoisotopic (exact) mass is 367 g/mol. The van der Waals surface area contributed by atoms with Crippen molar-refractivity contribution < 1.29 is 10.2 Å². The Morgan fingerprint density at radius 1 is 1.04 bits per heavy atom. The SMILES string of the molecule is CC.CC(C)C1=CC(Nc2ncnc3cc(O)c(O)cc23)=CC(C)(C)C=C1. The van der Waals surface area contributed by atoms with Crippen molar-refractivity contribution >= 4 is 16.7 Å². The van der Waals surface area contributed by atoms with E-state index in [0.717, 1.165) is 5.70 Å². The van der Waals surface area contributed by atoms with Gasteiger partial charge >= 0.3 is 0 Å². The van der Waals surface area contributed by atoms with Crippen LogP contribution in [0.15, 0.2) is 54.0 Å². The van der Waals surface area contributed by atoms with Crippen LogP contribution in [0.5, 0.6) is 11.5 Å². The topological polar surface area (TPSA) is 78.3 Å². The van der Waals surface area contributed by atoms with Gasteiger partial charge < -0.3 is 15.5 Å². The number of fused-ring (bicyclic) bond motifs is 1. The number of allylic oxidation sites excluding steroid dienone is 5. The van der Waals surface area contributed by atoms with Gasteiger partial charge in [-0.3, -0.25) is 0 Å². The van der Waals surface area contributed by atoms with Crippen LogP contribution in [0, 0.1) is 11.3 Å². The van der Waals surface area contributed by atoms with Gasteiger partial charge in [0.25, 0.3) is 0 Å². The minimum atomic E-state index is -0.196. The molecule has 1 aliphatic carbocycles. The highest BCUT2D eigenvalue weighted by atomic mass is 16.3. The molecule has 144 valence electrons. The quantitative estimate of drug-likeness (QED) is 0.621. The molecule has 5 heteroatoms. The van der Waals surface area contributed by atoms with Crippen LogP contribution in [-0.4, -0.2) is 20.2 Å². The molecule has 5 nitrogen and oxygen atoms in total. The minimum Gasteiger partial charge on any atom is -0.504 e. The van der Waals surface area contributed by atoms with Crippen LogP contribution in [0.3, 0.4) is 0 Å². The summed E-state index contributed by atoms with van der Waals surface area (Å²) in [7, 11) is 0. The predicted octanol–water partition coefficient (Wildman–Crippen LogP) is 5.54. The highest BCUT2D eigenvalue weighted by Gasteiger charge is 2.17. The summed E-state index contributed by atoms with van der Waals surface area (Å²) in [4.78, 5) is 8.47. The molecule has 0 saturated carbocycles. The Hall–Kier alpha value is -2.82. The summed E-state index contributed by atoms with van der Waals surface area (Å²) in [6, 6.07) is 2.90. The standard InChI is InChI=1S/C20H23N3O2.C2H6/c1-12(2)13-5-6-20(3,4)10-14(7-13)23-19-15-8-17(24)18(25)9-16(15)21-11-22-19;1-2/h5-12,24-25H,1-4H3,(H,21,22,23);1-2H3. The number of anilines is 1. The molecule has 0 aliphatic heterocycles. The normalized spacial score (nSPS) is 15.5. The maximum atomic E-state index is 9.82. The zero-order valence-corrected chi connectivity index (χ0v) is 16.9. The highest BCUT2D eigenvalue weighted by molar-refractivity contribution is 5.92. The van der Waals surface area contributed by atoms with Crippen molar-refractivity contribution in [2.24, 2.45) is 11.3 Å². The molecular formula is C22H29N3O2. The van der Waals surface area contributed by atoms with Crippen molar-refractivity contribution in [3.05, 3.63) is 54.0 Å². The lowest BCUT2D eigenvalue weighted by molar-refractivity contribution is 0.405. The van der Waals surface area contributed by atoms with E-state index in [1.807, 2.05) is 13.8 Å². The molecule has 0 atom stereocenters. The second kappa shape index (κ2) is 8.25. The van der Waals surface area contributed by atoms with E-state index in [2.05, 4.69) is 67.3 Å². The van der Waals surface area contributed by atoms with Crippen LogP contribution in [0.2, 0.25) is 0 Å². The molecule has 0 radical (unpaired) electrons. The van der Waals surface area contributed by atoms with Crippen LogP contribution < -0.4 is 5.32 Å². The fourth-order valence-corrected chi connectivity index (χ4v) is 2.78. The zero-order valence-electron chi connectivity index (χ0n) is 16.9. The summed E-state index contributed by atoms with van der Waals surface area (Å²) < 4.78 is 0. The summed E-state index contributed by atoms with van der Waals surface area (Å²) >= 11 is 0. The zero-order chi connectivity index (χ0) is 20.2. The fraction of sp³-hybridized carbons (Fsp3) is 0.364. The van der Waals surface area contributed by atoms with E-state index in [1.165, 1.54) is 24.0 Å². The van der Waals surface area contributed by atoms with E-state index in [0.29, 0.717) is 22.6 Å². The third kappa shape index (κ3) is 4.88. The van der Waals surface area contributed by atoms with Crippen molar-refractivity contribution in [2.75, 3.05) is 5.32 Å². The van der Waals surface area contributed by atoms with Gasteiger partial charge in [0, 0.05) is 22.6 Å². The van der Waals surface area contributed by atoms with Crippen molar-refractivity contribution in [3.63, 3.8) is 0 Å². The van der Waals surface area contributed by atoms with Gasteiger partial charge in [-0.05, 0) is 23.6 Å². The van der Waals surface area contributed by atoms with Crippen molar-refractivity contribution in [1.29, 1.82) is 0 Å². The maximum absolute atomic E-state index is 9.82. The van der Waals surface area contributed by atoms with E-state index in [9.17, 15) is 10.2 Å². The van der Waals surface area contributed by atoms with Gasteiger partial charge in [0.15, 0.2) is 11.5 Å². The first-order valence-corrected chi connectivity index (χ1v) is 9.32. The summed E-state index contributed by atoms with van der Waals surface area (Å²) in [5.74, 6) is 0.598. The van der Waals surface area contributed by atoms with Crippen LogP contribution in [0.1, 0.15) is 41.5 Å². The summed E-state index contributed by atoms with van der Waals surface area (Å²) in [5, 5.41) is 23.5. The first-order valence-electron chi connectivity index (χ1n) is 9.32. The first-order chi connectivity index (χ1) is 12.7. The molecule has 1 aromatic heterocycles. The average Bonchev–Trinajstić information content (AvgIpc) is 2.76. The molecule has 1 heterocycles. The highest BCUT2D eigenvalue weighted by Crippen LogP contribution is 2.33. The van der Waals surface area contributed by atoms with Gasteiger partial charge in [-0.1, -0.05) is 59.8 Å². The van der Waals surface area contributed by atoms with Gasteiger partial charge in [0.1, 0.15) is 12.1 Å². The molecule has 2 aromatic rings. The molecule has 0 saturated heterocycles. The molecule has 0 unspecified atom stereocenters. The summed E-state index contributed by atoms with van der Waals surface area (Å²) in [6.07, 6.45) is 10.1. The number of rotatable bonds is 3. The molecule has 0 bridgehead atoms. The lowest BCUT2D eigenvalue weighted by Gasteiger charge is -2.16. The third-order valence-corrected chi connectivity index (χ3v) is 4.22. The van der Waals surface area contributed by atoms with E-state index >= 15 is 0 Å². The van der Waals surface area contributed by atoms with E-state index in [-0.39, 0.29) is 16.9 Å². The predicted molar refractivity (Wildman–Crippen MR) is 112 cm³/mol. The lowest BCUT2D eigenvalue weighted by atomic mass is 9.92. The molecule has 0 amide bonds. The second-order valence-corrected chi connectivity index (χ2v) is 7.26. The number of hydrogen-bond donors (Lipinski definition) is 3.